The summed E-state index contributed by atoms with van der Waals surface area (Å²) in [6.07, 6.45) is 2.14. The second kappa shape index (κ2) is 13.3. The van der Waals surface area contributed by atoms with E-state index in [4.69, 9.17) is 9.47 Å². The number of nitrogens with one attached hydrogen (secondary N) is 1. The molecule has 3 rings (SSSR count). The monoisotopic (exact) mass is 502 g/mol. The minimum absolute atomic E-state index is 0. The molecule has 0 amide bonds. The first kappa shape index (κ1) is 23.4. The first-order chi connectivity index (χ1) is 13.3. The summed E-state index contributed by atoms with van der Waals surface area (Å²) in [6, 6.07) is 10.7. The van der Waals surface area contributed by atoms with Crippen LogP contribution < -0.4 is 5.32 Å². The highest BCUT2D eigenvalue weighted by atomic mass is 127. The van der Waals surface area contributed by atoms with Crippen molar-refractivity contribution < 1.29 is 9.47 Å². The van der Waals surface area contributed by atoms with E-state index >= 15 is 0 Å². The fraction of sp³-hybridized carbons (Fsp3) is 0.667. The average Bonchev–Trinajstić information content (AvgIpc) is 3.23. The number of rotatable bonds is 8. The molecule has 0 saturated carbocycles. The van der Waals surface area contributed by atoms with Gasteiger partial charge in [0.25, 0.3) is 0 Å². The molecule has 1 atom stereocenters. The highest BCUT2D eigenvalue weighted by Gasteiger charge is 2.19. The molecule has 6 nitrogen and oxygen atoms in total. The normalized spacial score (nSPS) is 20.8. The van der Waals surface area contributed by atoms with Crippen LogP contribution in [0.2, 0.25) is 0 Å². The van der Waals surface area contributed by atoms with E-state index in [1.165, 1.54) is 5.56 Å². The molecule has 1 aromatic rings. The number of hydrogen-bond acceptors (Lipinski definition) is 4. The van der Waals surface area contributed by atoms with Gasteiger partial charge in [-0.15, -0.1) is 24.0 Å². The Morgan fingerprint density at radius 1 is 1.21 bits per heavy atom. The molecule has 1 N–H and O–H groups in total. The van der Waals surface area contributed by atoms with Gasteiger partial charge >= 0.3 is 0 Å². The van der Waals surface area contributed by atoms with Gasteiger partial charge in [0, 0.05) is 65.4 Å². The lowest BCUT2D eigenvalue weighted by Gasteiger charge is -2.36. The van der Waals surface area contributed by atoms with Gasteiger partial charge in [-0.25, -0.2) is 0 Å². The lowest BCUT2D eigenvalue weighted by Crippen LogP contribution is -2.52. The Balaban J connectivity index is 0.00000280. The zero-order chi connectivity index (χ0) is 18.7. The van der Waals surface area contributed by atoms with Crippen molar-refractivity contribution in [2.24, 2.45) is 10.9 Å². The average molecular weight is 502 g/mol. The van der Waals surface area contributed by atoms with Gasteiger partial charge in [-0.3, -0.25) is 9.89 Å². The molecule has 7 heteroatoms. The topological polar surface area (TPSA) is 49.3 Å². The molecular formula is C21H35IN4O2. The first-order valence-electron chi connectivity index (χ1n) is 10.2. The Kier molecular flexibility index (Phi) is 11.1. The summed E-state index contributed by atoms with van der Waals surface area (Å²) in [4.78, 5) is 9.33. The molecule has 0 radical (unpaired) electrons. The molecule has 158 valence electrons. The van der Waals surface area contributed by atoms with Crippen LogP contribution in [0.3, 0.4) is 0 Å². The van der Waals surface area contributed by atoms with Crippen LogP contribution in [-0.2, 0) is 16.0 Å². The molecule has 2 aliphatic rings. The van der Waals surface area contributed by atoms with Gasteiger partial charge in [0.1, 0.15) is 0 Å². The van der Waals surface area contributed by atoms with Crippen molar-refractivity contribution in [1.29, 1.82) is 0 Å². The van der Waals surface area contributed by atoms with E-state index in [9.17, 15) is 0 Å². The van der Waals surface area contributed by atoms with Crippen LogP contribution in [0.5, 0.6) is 0 Å². The summed E-state index contributed by atoms with van der Waals surface area (Å²) < 4.78 is 11.1. The zero-order valence-electron chi connectivity index (χ0n) is 17.0. The van der Waals surface area contributed by atoms with Gasteiger partial charge in [-0.05, 0) is 18.4 Å². The Labute approximate surface area is 186 Å². The molecule has 0 aromatic heterocycles. The SMILES string of the molecule is CN=C(NCCCOCC1CCOC1)N1CCN(Cc2ccccc2)CC1.I. The van der Waals surface area contributed by atoms with Crippen molar-refractivity contribution in [1.82, 2.24) is 15.1 Å². The minimum Gasteiger partial charge on any atom is -0.381 e. The van der Waals surface area contributed by atoms with Gasteiger partial charge in [-0.1, -0.05) is 30.3 Å². The van der Waals surface area contributed by atoms with Crippen LogP contribution in [0.1, 0.15) is 18.4 Å². The van der Waals surface area contributed by atoms with Crippen molar-refractivity contribution >= 4 is 29.9 Å². The number of ether oxygens (including phenoxy) is 2. The van der Waals surface area contributed by atoms with Crippen LogP contribution in [0.15, 0.2) is 35.3 Å². The van der Waals surface area contributed by atoms with Crippen molar-refractivity contribution in [2.45, 2.75) is 19.4 Å². The zero-order valence-corrected chi connectivity index (χ0v) is 19.3. The maximum absolute atomic E-state index is 5.77. The molecule has 0 spiro atoms. The smallest absolute Gasteiger partial charge is 0.193 e. The van der Waals surface area contributed by atoms with Crippen molar-refractivity contribution in [2.75, 3.05) is 66.2 Å². The molecule has 0 aliphatic carbocycles. The lowest BCUT2D eigenvalue weighted by molar-refractivity contribution is 0.0886. The molecule has 1 unspecified atom stereocenters. The molecule has 2 heterocycles. The molecule has 2 saturated heterocycles. The second-order valence-corrected chi connectivity index (χ2v) is 7.38. The Morgan fingerprint density at radius 2 is 2.00 bits per heavy atom. The van der Waals surface area contributed by atoms with Crippen molar-refractivity contribution in [3.63, 3.8) is 0 Å². The summed E-state index contributed by atoms with van der Waals surface area (Å²) in [5.41, 5.74) is 1.39. The van der Waals surface area contributed by atoms with E-state index in [1.54, 1.807) is 0 Å². The summed E-state index contributed by atoms with van der Waals surface area (Å²) in [5.74, 6) is 1.61. The molecule has 1 aromatic carbocycles. The minimum atomic E-state index is 0. The third kappa shape index (κ3) is 7.85. The summed E-state index contributed by atoms with van der Waals surface area (Å²) in [5, 5.41) is 3.48. The number of piperazine rings is 1. The predicted molar refractivity (Wildman–Crippen MR) is 124 cm³/mol. The summed E-state index contributed by atoms with van der Waals surface area (Å²) >= 11 is 0. The van der Waals surface area contributed by atoms with Crippen LogP contribution in [0.25, 0.3) is 0 Å². The number of aliphatic imine (C=N–C) groups is 1. The van der Waals surface area contributed by atoms with Crippen LogP contribution in [0, 0.1) is 5.92 Å². The quantitative estimate of drug-likeness (QED) is 0.256. The first-order valence-corrected chi connectivity index (χ1v) is 10.2. The number of benzene rings is 1. The van der Waals surface area contributed by atoms with E-state index in [-0.39, 0.29) is 24.0 Å². The number of halogens is 1. The standard InChI is InChI=1S/C21H34N4O2.HI/c1-22-21(23-9-5-14-26-17-20-8-15-27-18-20)25-12-10-24(11-13-25)16-19-6-3-2-4-7-19;/h2-4,6-7,20H,5,8-18H2,1H3,(H,22,23);1H. The molecule has 0 bridgehead atoms. The lowest BCUT2D eigenvalue weighted by atomic mass is 10.1. The summed E-state index contributed by atoms with van der Waals surface area (Å²) in [7, 11) is 1.87. The van der Waals surface area contributed by atoms with E-state index in [1.807, 2.05) is 7.05 Å². The summed E-state index contributed by atoms with van der Waals surface area (Å²) in [6.45, 7) is 9.50. The van der Waals surface area contributed by atoms with Crippen molar-refractivity contribution in [3.05, 3.63) is 35.9 Å². The third-order valence-corrected chi connectivity index (χ3v) is 5.26. The van der Waals surface area contributed by atoms with Crippen LogP contribution in [-0.4, -0.2) is 82.0 Å². The third-order valence-electron chi connectivity index (χ3n) is 5.26. The largest absolute Gasteiger partial charge is 0.381 e. The highest BCUT2D eigenvalue weighted by molar-refractivity contribution is 14.0. The van der Waals surface area contributed by atoms with Gasteiger partial charge in [-0.2, -0.15) is 0 Å². The van der Waals surface area contributed by atoms with E-state index < -0.39 is 0 Å². The van der Waals surface area contributed by atoms with Crippen LogP contribution >= 0.6 is 24.0 Å². The van der Waals surface area contributed by atoms with E-state index in [0.717, 1.165) is 84.5 Å². The molecule has 2 fully saturated rings. The number of hydrogen-bond donors (Lipinski definition) is 1. The second-order valence-electron chi connectivity index (χ2n) is 7.38. The predicted octanol–water partition coefficient (Wildman–Crippen LogP) is 2.44. The van der Waals surface area contributed by atoms with Gasteiger partial charge in [0.15, 0.2) is 5.96 Å². The van der Waals surface area contributed by atoms with E-state index in [0.29, 0.717) is 5.92 Å². The van der Waals surface area contributed by atoms with Gasteiger partial charge in [0.2, 0.25) is 0 Å². The molecule has 2 aliphatic heterocycles. The molecule has 28 heavy (non-hydrogen) atoms. The number of nitrogens with zero attached hydrogens (tertiary/aromatic N) is 3. The maximum atomic E-state index is 5.77. The van der Waals surface area contributed by atoms with Gasteiger partial charge in [0.05, 0.1) is 13.2 Å². The molecular weight excluding hydrogens is 467 g/mol. The fourth-order valence-corrected chi connectivity index (χ4v) is 3.63. The fourth-order valence-electron chi connectivity index (χ4n) is 3.63. The van der Waals surface area contributed by atoms with Crippen LogP contribution in [0.4, 0.5) is 0 Å². The number of guanidine groups is 1. The van der Waals surface area contributed by atoms with Crippen molar-refractivity contribution in [3.8, 4) is 0 Å². The Bertz CT molecular complexity index is 559. The van der Waals surface area contributed by atoms with E-state index in [2.05, 4.69) is 50.4 Å². The highest BCUT2D eigenvalue weighted by Crippen LogP contribution is 2.12. The maximum Gasteiger partial charge on any atom is 0.193 e. The van der Waals surface area contributed by atoms with Gasteiger partial charge < -0.3 is 19.7 Å². The Morgan fingerprint density at radius 3 is 2.68 bits per heavy atom. The Hall–Kier alpha value is -0.900.